The summed E-state index contributed by atoms with van der Waals surface area (Å²) in [6.07, 6.45) is 0. The van der Waals surface area contributed by atoms with E-state index in [2.05, 4.69) is 21.4 Å². The molecule has 6 heteroatoms. The molecule has 0 aliphatic carbocycles. The van der Waals surface area contributed by atoms with Crippen LogP contribution >= 0.6 is 27.5 Å². The Bertz CT molecular complexity index is 556. The highest BCUT2D eigenvalue weighted by Gasteiger charge is 2.20. The smallest absolute Gasteiger partial charge is 0.128 e. The summed E-state index contributed by atoms with van der Waals surface area (Å²) >= 11 is 9.27. The molecule has 2 aromatic carbocycles. The molecule has 0 saturated heterocycles. The van der Waals surface area contributed by atoms with Crippen molar-refractivity contribution in [3.8, 4) is 0 Å². The van der Waals surface area contributed by atoms with Gasteiger partial charge in [0.15, 0.2) is 0 Å². The summed E-state index contributed by atoms with van der Waals surface area (Å²) in [5.41, 5.74) is 3.12. The maximum atomic E-state index is 13.9. The van der Waals surface area contributed by atoms with E-state index in [0.717, 1.165) is 0 Å². The molecule has 19 heavy (non-hydrogen) atoms. The van der Waals surface area contributed by atoms with Crippen molar-refractivity contribution in [1.82, 2.24) is 5.43 Å². The molecule has 0 aliphatic rings. The molecular formula is C13H10BrClF2N2. The van der Waals surface area contributed by atoms with E-state index >= 15 is 0 Å². The standard InChI is InChI=1S/C13H10BrClF2N2/c14-7-1-4-12(17)10(5-7)13(19-18)9-6-8(16)2-3-11(9)15/h1-6,13,19H,18H2. The number of hydrazine groups is 1. The largest absolute Gasteiger partial charge is 0.271 e. The van der Waals surface area contributed by atoms with Gasteiger partial charge in [0.25, 0.3) is 0 Å². The average Bonchev–Trinajstić information content (AvgIpc) is 2.38. The van der Waals surface area contributed by atoms with E-state index in [4.69, 9.17) is 17.4 Å². The molecule has 0 spiro atoms. The van der Waals surface area contributed by atoms with E-state index in [1.165, 1.54) is 24.3 Å². The van der Waals surface area contributed by atoms with Crippen LogP contribution in [0.5, 0.6) is 0 Å². The van der Waals surface area contributed by atoms with Gasteiger partial charge in [0.1, 0.15) is 11.6 Å². The highest BCUT2D eigenvalue weighted by molar-refractivity contribution is 9.10. The van der Waals surface area contributed by atoms with Gasteiger partial charge < -0.3 is 0 Å². The van der Waals surface area contributed by atoms with Crippen LogP contribution in [0.2, 0.25) is 5.02 Å². The molecule has 0 saturated carbocycles. The van der Waals surface area contributed by atoms with Crippen LogP contribution in [0, 0.1) is 11.6 Å². The molecule has 0 aliphatic heterocycles. The zero-order valence-electron chi connectivity index (χ0n) is 9.63. The summed E-state index contributed by atoms with van der Waals surface area (Å²) in [5, 5.41) is 0.309. The van der Waals surface area contributed by atoms with Crippen molar-refractivity contribution in [3.05, 3.63) is 68.7 Å². The van der Waals surface area contributed by atoms with Crippen LogP contribution < -0.4 is 11.3 Å². The number of benzene rings is 2. The minimum Gasteiger partial charge on any atom is -0.271 e. The van der Waals surface area contributed by atoms with Gasteiger partial charge in [0.05, 0.1) is 6.04 Å². The fourth-order valence-electron chi connectivity index (χ4n) is 1.82. The van der Waals surface area contributed by atoms with Gasteiger partial charge in [-0.3, -0.25) is 5.84 Å². The molecule has 1 atom stereocenters. The molecule has 100 valence electrons. The molecule has 0 bridgehead atoms. The van der Waals surface area contributed by atoms with Crippen LogP contribution in [0.3, 0.4) is 0 Å². The number of halogens is 4. The minimum absolute atomic E-state index is 0.282. The fourth-order valence-corrected chi connectivity index (χ4v) is 2.42. The van der Waals surface area contributed by atoms with E-state index in [0.29, 0.717) is 15.1 Å². The van der Waals surface area contributed by atoms with Crippen molar-refractivity contribution in [3.63, 3.8) is 0 Å². The van der Waals surface area contributed by atoms with Crippen LogP contribution in [-0.2, 0) is 0 Å². The SMILES string of the molecule is NNC(c1cc(Br)ccc1F)c1cc(F)ccc1Cl. The zero-order valence-corrected chi connectivity index (χ0v) is 12.0. The molecule has 1 unspecified atom stereocenters. The number of hydrogen-bond acceptors (Lipinski definition) is 2. The van der Waals surface area contributed by atoms with E-state index in [1.54, 1.807) is 12.1 Å². The first-order valence-electron chi connectivity index (χ1n) is 5.39. The Kier molecular flexibility index (Phi) is 4.52. The monoisotopic (exact) mass is 346 g/mol. The summed E-state index contributed by atoms with van der Waals surface area (Å²) in [5.74, 6) is 4.55. The van der Waals surface area contributed by atoms with Crippen molar-refractivity contribution < 1.29 is 8.78 Å². The number of nitrogens with one attached hydrogen (secondary N) is 1. The van der Waals surface area contributed by atoms with E-state index in [1.807, 2.05) is 0 Å². The Morgan fingerprint density at radius 3 is 2.53 bits per heavy atom. The van der Waals surface area contributed by atoms with Crippen LogP contribution in [0.15, 0.2) is 40.9 Å². The van der Waals surface area contributed by atoms with Crippen molar-refractivity contribution >= 4 is 27.5 Å². The molecule has 0 amide bonds. The van der Waals surface area contributed by atoms with Crippen LogP contribution in [-0.4, -0.2) is 0 Å². The minimum atomic E-state index is -0.735. The van der Waals surface area contributed by atoms with Crippen LogP contribution in [0.4, 0.5) is 8.78 Å². The van der Waals surface area contributed by atoms with E-state index < -0.39 is 17.7 Å². The topological polar surface area (TPSA) is 38.0 Å². The highest BCUT2D eigenvalue weighted by atomic mass is 79.9. The predicted molar refractivity (Wildman–Crippen MR) is 74.7 cm³/mol. The summed E-state index contributed by atoms with van der Waals surface area (Å²) in [6.45, 7) is 0. The van der Waals surface area contributed by atoms with Gasteiger partial charge in [-0.05, 0) is 42.0 Å². The summed E-state index contributed by atoms with van der Waals surface area (Å²) in [7, 11) is 0. The first kappa shape index (κ1) is 14.4. The Hall–Kier alpha value is -1.01. The Morgan fingerprint density at radius 1 is 1.11 bits per heavy atom. The third-order valence-corrected chi connectivity index (χ3v) is 3.54. The lowest BCUT2D eigenvalue weighted by atomic mass is 9.98. The Morgan fingerprint density at radius 2 is 1.84 bits per heavy atom. The first-order valence-corrected chi connectivity index (χ1v) is 6.56. The summed E-state index contributed by atoms with van der Waals surface area (Å²) in [4.78, 5) is 0. The second-order valence-corrected chi connectivity index (χ2v) is 5.25. The van der Waals surface area contributed by atoms with Gasteiger partial charge in [0, 0.05) is 15.1 Å². The maximum Gasteiger partial charge on any atom is 0.128 e. The average molecular weight is 348 g/mol. The third kappa shape index (κ3) is 3.12. The maximum absolute atomic E-state index is 13.9. The zero-order chi connectivity index (χ0) is 14.0. The van der Waals surface area contributed by atoms with Gasteiger partial charge in [-0.2, -0.15) is 0 Å². The fraction of sp³-hybridized carbons (Fsp3) is 0.0769. The quantitative estimate of drug-likeness (QED) is 0.652. The molecule has 0 heterocycles. The second-order valence-electron chi connectivity index (χ2n) is 3.93. The Balaban J connectivity index is 2.55. The Labute approximate surface area is 122 Å². The van der Waals surface area contributed by atoms with Crippen molar-refractivity contribution in [2.24, 2.45) is 5.84 Å². The van der Waals surface area contributed by atoms with Crippen LogP contribution in [0.25, 0.3) is 0 Å². The van der Waals surface area contributed by atoms with E-state index in [9.17, 15) is 8.78 Å². The molecule has 2 rings (SSSR count). The molecule has 2 nitrogen and oxygen atoms in total. The lowest BCUT2D eigenvalue weighted by Gasteiger charge is -2.19. The summed E-state index contributed by atoms with van der Waals surface area (Å²) in [6, 6.07) is 7.58. The number of rotatable bonds is 3. The highest BCUT2D eigenvalue weighted by Crippen LogP contribution is 2.31. The normalized spacial score (nSPS) is 12.5. The lowest BCUT2D eigenvalue weighted by Crippen LogP contribution is -2.29. The van der Waals surface area contributed by atoms with Gasteiger partial charge >= 0.3 is 0 Å². The van der Waals surface area contributed by atoms with Gasteiger partial charge in [-0.1, -0.05) is 27.5 Å². The second kappa shape index (κ2) is 5.96. The van der Waals surface area contributed by atoms with Gasteiger partial charge in [-0.25, -0.2) is 14.2 Å². The molecule has 0 radical (unpaired) electrons. The molecule has 0 fully saturated rings. The molecule has 3 N–H and O–H groups in total. The van der Waals surface area contributed by atoms with Gasteiger partial charge in [-0.15, -0.1) is 0 Å². The van der Waals surface area contributed by atoms with Gasteiger partial charge in [0.2, 0.25) is 0 Å². The number of hydrogen-bond donors (Lipinski definition) is 2. The molecule has 0 aromatic heterocycles. The summed E-state index contributed by atoms with van der Waals surface area (Å²) < 4.78 is 27.9. The van der Waals surface area contributed by atoms with E-state index in [-0.39, 0.29) is 5.56 Å². The molecular weight excluding hydrogens is 338 g/mol. The van der Waals surface area contributed by atoms with Crippen LogP contribution in [0.1, 0.15) is 17.2 Å². The van der Waals surface area contributed by atoms with Crippen molar-refractivity contribution in [2.45, 2.75) is 6.04 Å². The third-order valence-electron chi connectivity index (χ3n) is 2.70. The first-order chi connectivity index (χ1) is 9.02. The number of nitrogens with two attached hydrogens (primary N) is 1. The lowest BCUT2D eigenvalue weighted by molar-refractivity contribution is 0.555. The van der Waals surface area contributed by atoms with Crippen molar-refractivity contribution in [1.29, 1.82) is 0 Å². The predicted octanol–water partition coefficient (Wildman–Crippen LogP) is 3.93. The molecule has 2 aromatic rings. The van der Waals surface area contributed by atoms with Crippen molar-refractivity contribution in [2.75, 3.05) is 0 Å².